The molecule has 0 unspecified atom stereocenters. The molecule has 32 heavy (non-hydrogen) atoms. The highest BCUT2D eigenvalue weighted by molar-refractivity contribution is 7.80. The van der Waals surface area contributed by atoms with Crippen molar-refractivity contribution in [3.05, 3.63) is 86.6 Å². The van der Waals surface area contributed by atoms with Gasteiger partial charge in [0.1, 0.15) is 17.1 Å². The molecule has 160 valence electrons. The summed E-state index contributed by atoms with van der Waals surface area (Å²) >= 11 is 11.4. The molecule has 4 rings (SSSR count). The largest absolute Gasteiger partial charge is 0.457 e. The van der Waals surface area contributed by atoms with Gasteiger partial charge in [-0.1, -0.05) is 17.7 Å². The molecule has 10 heteroatoms. The van der Waals surface area contributed by atoms with Crippen LogP contribution < -0.4 is 10.2 Å². The van der Waals surface area contributed by atoms with E-state index in [9.17, 15) is 19.7 Å². The third-order valence-electron chi connectivity index (χ3n) is 4.79. The quantitative estimate of drug-likeness (QED) is 0.197. The molecule has 1 N–H and O–H groups in total. The van der Waals surface area contributed by atoms with Gasteiger partial charge in [-0.15, -0.1) is 0 Å². The van der Waals surface area contributed by atoms with Crippen LogP contribution in [0.5, 0.6) is 0 Å². The number of carbonyl (C=O) groups is 2. The Bertz CT molecular complexity index is 1310. The number of hydrogen-bond acceptors (Lipinski definition) is 6. The van der Waals surface area contributed by atoms with Crippen molar-refractivity contribution in [3.8, 4) is 11.3 Å². The zero-order chi connectivity index (χ0) is 23.0. The second-order valence-electron chi connectivity index (χ2n) is 6.90. The van der Waals surface area contributed by atoms with Crippen LogP contribution in [-0.4, -0.2) is 21.9 Å². The lowest BCUT2D eigenvalue weighted by atomic mass is 10.1. The zero-order valence-corrected chi connectivity index (χ0v) is 18.1. The molecule has 0 saturated carbocycles. The number of anilines is 1. The number of non-ortho nitro benzene ring substituents is 1. The molecule has 8 nitrogen and oxygen atoms in total. The van der Waals surface area contributed by atoms with E-state index in [1.165, 1.54) is 23.1 Å². The molecular formula is C22H14ClN3O5S. The van der Waals surface area contributed by atoms with E-state index in [1.54, 1.807) is 42.5 Å². The van der Waals surface area contributed by atoms with Crippen LogP contribution in [0.2, 0.25) is 5.02 Å². The molecular weight excluding hydrogens is 454 g/mol. The molecule has 1 aliphatic rings. The van der Waals surface area contributed by atoms with E-state index in [-0.39, 0.29) is 22.1 Å². The van der Waals surface area contributed by atoms with Gasteiger partial charge in [-0.2, -0.15) is 0 Å². The summed E-state index contributed by atoms with van der Waals surface area (Å²) in [6.07, 6.45) is 1.32. The van der Waals surface area contributed by atoms with Crippen LogP contribution >= 0.6 is 23.8 Å². The molecule has 2 aromatic carbocycles. The number of aryl methyl sites for hydroxylation is 1. The highest BCUT2D eigenvalue weighted by atomic mass is 35.5. The minimum atomic E-state index is -0.650. The summed E-state index contributed by atoms with van der Waals surface area (Å²) in [5.74, 6) is -0.589. The van der Waals surface area contributed by atoms with E-state index in [1.807, 2.05) is 6.92 Å². The fourth-order valence-electron chi connectivity index (χ4n) is 3.09. The predicted molar refractivity (Wildman–Crippen MR) is 123 cm³/mol. The van der Waals surface area contributed by atoms with Crippen LogP contribution in [0.25, 0.3) is 17.4 Å². The topological polar surface area (TPSA) is 106 Å². The number of nitrogens with one attached hydrogen (secondary N) is 1. The minimum Gasteiger partial charge on any atom is -0.457 e. The Morgan fingerprint density at radius 1 is 1.12 bits per heavy atom. The number of furan rings is 1. The average Bonchev–Trinajstić information content (AvgIpc) is 3.22. The molecule has 0 radical (unpaired) electrons. The first kappa shape index (κ1) is 21.4. The fourth-order valence-corrected chi connectivity index (χ4v) is 3.54. The number of hydrogen-bond donors (Lipinski definition) is 1. The van der Waals surface area contributed by atoms with Gasteiger partial charge in [-0.05, 0) is 67.2 Å². The lowest BCUT2D eigenvalue weighted by Gasteiger charge is -2.29. The summed E-state index contributed by atoms with van der Waals surface area (Å²) in [7, 11) is 0. The molecule has 0 spiro atoms. The first-order valence-electron chi connectivity index (χ1n) is 9.27. The Kier molecular flexibility index (Phi) is 5.60. The third-order valence-corrected chi connectivity index (χ3v) is 5.48. The predicted octanol–water partition coefficient (Wildman–Crippen LogP) is 4.65. The Hall–Kier alpha value is -3.82. The van der Waals surface area contributed by atoms with Crippen molar-refractivity contribution in [2.45, 2.75) is 6.92 Å². The third kappa shape index (κ3) is 4.03. The molecule has 0 atom stereocenters. The lowest BCUT2D eigenvalue weighted by Crippen LogP contribution is -2.54. The van der Waals surface area contributed by atoms with Crippen LogP contribution in [0.15, 0.2) is 64.6 Å². The Labute approximate surface area is 192 Å². The number of carbonyl (C=O) groups excluding carboxylic acids is 2. The van der Waals surface area contributed by atoms with Crippen molar-refractivity contribution in [1.82, 2.24) is 5.32 Å². The molecule has 3 aromatic rings. The standard InChI is InChI=1S/C22H14ClN3O5S/c1-12-2-5-15(10-18(12)23)25-21(28)17(20(27)24-22(25)32)11-16-8-9-19(31-16)13-3-6-14(7-4-13)26(29)30/h2-11H,1H3,(H,24,27,32)/b17-11-. The van der Waals surface area contributed by atoms with Gasteiger partial charge < -0.3 is 4.42 Å². The Balaban J connectivity index is 1.65. The van der Waals surface area contributed by atoms with E-state index in [0.29, 0.717) is 22.0 Å². The summed E-state index contributed by atoms with van der Waals surface area (Å²) in [5.41, 5.74) is 1.66. The summed E-state index contributed by atoms with van der Waals surface area (Å²) in [6, 6.07) is 14.1. The number of nitro benzene ring substituents is 1. The first-order chi connectivity index (χ1) is 15.2. The molecule has 1 fully saturated rings. The number of thiocarbonyl (C=S) groups is 1. The molecule has 0 aliphatic carbocycles. The number of amides is 2. The van der Waals surface area contributed by atoms with Gasteiger partial charge in [0.15, 0.2) is 5.11 Å². The van der Waals surface area contributed by atoms with E-state index in [0.717, 1.165) is 5.56 Å². The van der Waals surface area contributed by atoms with Crippen LogP contribution in [0.3, 0.4) is 0 Å². The van der Waals surface area contributed by atoms with Gasteiger partial charge in [-0.25, -0.2) is 0 Å². The van der Waals surface area contributed by atoms with Crippen molar-refractivity contribution in [2.75, 3.05) is 4.90 Å². The van der Waals surface area contributed by atoms with Gasteiger partial charge in [0.05, 0.1) is 10.6 Å². The van der Waals surface area contributed by atoms with Gasteiger partial charge in [0, 0.05) is 22.7 Å². The molecule has 1 aliphatic heterocycles. The highest BCUT2D eigenvalue weighted by Gasteiger charge is 2.35. The maximum atomic E-state index is 13.1. The summed E-state index contributed by atoms with van der Waals surface area (Å²) in [6.45, 7) is 1.83. The van der Waals surface area contributed by atoms with Crippen molar-refractivity contribution < 1.29 is 18.9 Å². The van der Waals surface area contributed by atoms with Crippen LogP contribution in [-0.2, 0) is 9.59 Å². The number of benzene rings is 2. The second-order valence-corrected chi connectivity index (χ2v) is 7.69. The number of rotatable bonds is 4. The van der Waals surface area contributed by atoms with E-state index in [2.05, 4.69) is 5.32 Å². The molecule has 1 saturated heterocycles. The fraction of sp³-hybridized carbons (Fsp3) is 0.0455. The Morgan fingerprint density at radius 2 is 1.84 bits per heavy atom. The van der Waals surface area contributed by atoms with Crippen LogP contribution in [0, 0.1) is 17.0 Å². The smallest absolute Gasteiger partial charge is 0.270 e. The first-order valence-corrected chi connectivity index (χ1v) is 10.1. The Morgan fingerprint density at radius 3 is 2.50 bits per heavy atom. The van der Waals surface area contributed by atoms with Gasteiger partial charge in [-0.3, -0.25) is 29.9 Å². The highest BCUT2D eigenvalue weighted by Crippen LogP contribution is 2.28. The summed E-state index contributed by atoms with van der Waals surface area (Å²) < 4.78 is 5.72. The number of nitrogens with zero attached hydrogens (tertiary/aromatic N) is 2. The monoisotopic (exact) mass is 467 g/mol. The maximum Gasteiger partial charge on any atom is 0.270 e. The summed E-state index contributed by atoms with van der Waals surface area (Å²) in [5, 5.41) is 13.7. The van der Waals surface area contributed by atoms with E-state index < -0.39 is 16.7 Å². The number of nitro groups is 1. The van der Waals surface area contributed by atoms with Crippen LogP contribution in [0.4, 0.5) is 11.4 Å². The lowest BCUT2D eigenvalue weighted by molar-refractivity contribution is -0.384. The van der Waals surface area contributed by atoms with Crippen molar-refractivity contribution in [2.24, 2.45) is 0 Å². The van der Waals surface area contributed by atoms with E-state index in [4.69, 9.17) is 28.2 Å². The molecule has 0 bridgehead atoms. The number of halogens is 1. The minimum absolute atomic E-state index is 0.0422. The molecule has 1 aromatic heterocycles. The van der Waals surface area contributed by atoms with Crippen LogP contribution in [0.1, 0.15) is 11.3 Å². The van der Waals surface area contributed by atoms with Crippen molar-refractivity contribution in [3.63, 3.8) is 0 Å². The van der Waals surface area contributed by atoms with Crippen molar-refractivity contribution >= 4 is 58.2 Å². The average molecular weight is 468 g/mol. The second kappa shape index (κ2) is 8.37. The van der Waals surface area contributed by atoms with E-state index >= 15 is 0 Å². The molecule has 2 amide bonds. The van der Waals surface area contributed by atoms with Gasteiger partial charge in [0.2, 0.25) is 0 Å². The maximum absolute atomic E-state index is 13.1. The van der Waals surface area contributed by atoms with Crippen molar-refractivity contribution in [1.29, 1.82) is 0 Å². The van der Waals surface area contributed by atoms with Gasteiger partial charge >= 0.3 is 0 Å². The normalized spacial score (nSPS) is 15.2. The SMILES string of the molecule is Cc1ccc(N2C(=O)/C(=C\c3ccc(-c4ccc([N+](=O)[O-])cc4)o3)C(=O)NC2=S)cc1Cl. The molecule has 2 heterocycles. The summed E-state index contributed by atoms with van der Waals surface area (Å²) in [4.78, 5) is 37.0. The zero-order valence-electron chi connectivity index (χ0n) is 16.5. The van der Waals surface area contributed by atoms with Gasteiger partial charge in [0.25, 0.3) is 17.5 Å².